The van der Waals surface area contributed by atoms with Crippen LogP contribution in [-0.4, -0.2) is 0 Å². The monoisotopic (exact) mass is 731 g/mol. The van der Waals surface area contributed by atoms with E-state index in [1.807, 2.05) is 6.07 Å². The molecule has 57 heavy (non-hydrogen) atoms. The Kier molecular flexibility index (Phi) is 6.59. The molecule has 4 aliphatic carbocycles. The number of furan rings is 1. The molecular formula is C55H41NO. The van der Waals surface area contributed by atoms with Crippen LogP contribution in [0.25, 0.3) is 66.1 Å². The van der Waals surface area contributed by atoms with Gasteiger partial charge in [0.05, 0.1) is 0 Å². The molecule has 1 aromatic heterocycles. The maximum atomic E-state index is 6.41. The van der Waals surface area contributed by atoms with Crippen LogP contribution in [0, 0.1) is 17.3 Å². The molecule has 2 heteroatoms. The van der Waals surface area contributed by atoms with Crippen molar-refractivity contribution in [2.24, 2.45) is 17.3 Å². The third-order valence-electron chi connectivity index (χ3n) is 14.8. The summed E-state index contributed by atoms with van der Waals surface area (Å²) in [6.45, 7) is 0. The lowest BCUT2D eigenvalue weighted by atomic mass is 9.37. The maximum absolute atomic E-state index is 6.41. The number of fused-ring (bicyclic) bond motifs is 10. The Hall–Kier alpha value is -6.38. The first kappa shape index (κ1) is 31.8. The molecule has 9 aromatic rings. The van der Waals surface area contributed by atoms with Crippen molar-refractivity contribution in [2.45, 2.75) is 37.5 Å². The van der Waals surface area contributed by atoms with Gasteiger partial charge in [0.25, 0.3) is 0 Å². The van der Waals surface area contributed by atoms with E-state index in [9.17, 15) is 0 Å². The second-order valence-corrected chi connectivity index (χ2v) is 17.3. The summed E-state index contributed by atoms with van der Waals surface area (Å²) in [4.78, 5) is 2.36. The van der Waals surface area contributed by atoms with E-state index in [2.05, 4.69) is 175 Å². The van der Waals surface area contributed by atoms with Crippen molar-refractivity contribution in [1.29, 1.82) is 0 Å². The van der Waals surface area contributed by atoms with Crippen LogP contribution in [-0.2, 0) is 0 Å². The van der Waals surface area contributed by atoms with Gasteiger partial charge < -0.3 is 9.32 Å². The average Bonchev–Trinajstić information content (AvgIpc) is 3.82. The minimum atomic E-state index is 0.542. The largest absolute Gasteiger partial charge is 0.456 e. The summed E-state index contributed by atoms with van der Waals surface area (Å²) in [5.74, 6) is 3.25. The van der Waals surface area contributed by atoms with Crippen molar-refractivity contribution in [2.75, 3.05) is 4.90 Å². The highest BCUT2D eigenvalue weighted by Gasteiger charge is 2.70. The van der Waals surface area contributed by atoms with Gasteiger partial charge >= 0.3 is 0 Å². The molecule has 0 N–H and O–H groups in total. The van der Waals surface area contributed by atoms with Crippen LogP contribution in [0.4, 0.5) is 17.1 Å². The van der Waals surface area contributed by atoms with Gasteiger partial charge in [-0.3, -0.25) is 0 Å². The zero-order valence-electron chi connectivity index (χ0n) is 31.7. The first-order valence-corrected chi connectivity index (χ1v) is 20.8. The quantitative estimate of drug-likeness (QED) is 0.175. The second-order valence-electron chi connectivity index (χ2n) is 17.3. The molecule has 1 spiro atoms. The first-order chi connectivity index (χ1) is 28.2. The summed E-state index contributed by atoms with van der Waals surface area (Å²) in [6.07, 6.45) is 5.60. The fourth-order valence-electron chi connectivity index (χ4n) is 12.1. The van der Waals surface area contributed by atoms with Crippen molar-refractivity contribution in [3.8, 4) is 33.4 Å². The van der Waals surface area contributed by atoms with Crippen molar-refractivity contribution >= 4 is 49.8 Å². The summed E-state index contributed by atoms with van der Waals surface area (Å²) in [5, 5.41) is 4.80. The fraction of sp³-hybridized carbons (Fsp3) is 0.164. The Morgan fingerprint density at radius 2 is 1.07 bits per heavy atom. The Morgan fingerprint density at radius 1 is 0.439 bits per heavy atom. The lowest BCUT2D eigenvalue weighted by molar-refractivity contribution is -0.144. The SMILES string of the molecule is c1ccc2c(c1)-c1ccc(-c3ccc(N(c4ccc(-c5ccc6ccccc6c5)cc4)c4ccc5c(c4)oc4ccccc45)cc3)cc1C1CC3CC4CC2CC431. The van der Waals surface area contributed by atoms with Crippen LogP contribution in [0.5, 0.6) is 0 Å². The van der Waals surface area contributed by atoms with E-state index in [4.69, 9.17) is 4.42 Å². The van der Waals surface area contributed by atoms with Crippen LogP contribution in [0.3, 0.4) is 0 Å². The van der Waals surface area contributed by atoms with Crippen molar-refractivity contribution in [1.82, 2.24) is 0 Å². The molecule has 272 valence electrons. The van der Waals surface area contributed by atoms with Gasteiger partial charge in [-0.05, 0) is 159 Å². The molecule has 0 radical (unpaired) electrons. The molecule has 13 rings (SSSR count). The zero-order chi connectivity index (χ0) is 37.2. The minimum Gasteiger partial charge on any atom is -0.456 e. The van der Waals surface area contributed by atoms with E-state index in [0.717, 1.165) is 56.8 Å². The van der Waals surface area contributed by atoms with Crippen molar-refractivity contribution < 1.29 is 4.42 Å². The summed E-state index contributed by atoms with van der Waals surface area (Å²) in [7, 11) is 0. The normalized spacial score (nSPS) is 22.5. The van der Waals surface area contributed by atoms with Gasteiger partial charge in [-0.15, -0.1) is 0 Å². The van der Waals surface area contributed by atoms with E-state index in [-0.39, 0.29) is 0 Å². The van der Waals surface area contributed by atoms with Crippen LogP contribution in [0.1, 0.15) is 48.6 Å². The predicted octanol–water partition coefficient (Wildman–Crippen LogP) is 15.2. The Labute approximate surface area is 333 Å². The van der Waals surface area contributed by atoms with Gasteiger partial charge in [0, 0.05) is 33.9 Å². The molecule has 0 amide bonds. The molecule has 1 heterocycles. The molecular weight excluding hydrogens is 691 g/mol. The van der Waals surface area contributed by atoms with E-state index in [0.29, 0.717) is 11.3 Å². The molecule has 3 fully saturated rings. The highest BCUT2D eigenvalue weighted by molar-refractivity contribution is 6.06. The number of benzene rings is 8. The van der Waals surface area contributed by atoms with Crippen LogP contribution in [0.15, 0.2) is 180 Å². The predicted molar refractivity (Wildman–Crippen MR) is 236 cm³/mol. The Morgan fingerprint density at radius 3 is 1.89 bits per heavy atom. The summed E-state index contributed by atoms with van der Waals surface area (Å²) in [6, 6.07) is 65.2. The third-order valence-corrected chi connectivity index (χ3v) is 14.8. The van der Waals surface area contributed by atoms with Gasteiger partial charge in [0.1, 0.15) is 11.2 Å². The molecule has 5 atom stereocenters. The van der Waals surface area contributed by atoms with E-state index < -0.39 is 0 Å². The molecule has 0 aliphatic heterocycles. The van der Waals surface area contributed by atoms with E-state index in [1.165, 1.54) is 69.8 Å². The number of hydrogen-bond donors (Lipinski definition) is 0. The summed E-state index contributed by atoms with van der Waals surface area (Å²) in [5.41, 5.74) is 16.8. The van der Waals surface area contributed by atoms with Crippen LogP contribution >= 0.6 is 0 Å². The maximum Gasteiger partial charge on any atom is 0.137 e. The molecule has 2 nitrogen and oxygen atoms in total. The van der Waals surface area contributed by atoms with E-state index >= 15 is 0 Å². The minimum absolute atomic E-state index is 0.542. The second kappa shape index (κ2) is 11.8. The Bertz CT molecular complexity index is 3060. The Balaban J connectivity index is 0.897. The molecule has 0 saturated heterocycles. The number of rotatable bonds is 5. The summed E-state index contributed by atoms with van der Waals surface area (Å²) < 4.78 is 6.41. The van der Waals surface area contributed by atoms with Gasteiger partial charge in [-0.2, -0.15) is 0 Å². The zero-order valence-corrected chi connectivity index (χ0v) is 31.7. The number of anilines is 3. The number of nitrogens with zero attached hydrogens (tertiary/aromatic N) is 1. The molecule has 5 unspecified atom stereocenters. The highest BCUT2D eigenvalue weighted by Crippen LogP contribution is 2.80. The summed E-state index contributed by atoms with van der Waals surface area (Å²) >= 11 is 0. The smallest absolute Gasteiger partial charge is 0.137 e. The van der Waals surface area contributed by atoms with Crippen molar-refractivity contribution in [3.63, 3.8) is 0 Å². The van der Waals surface area contributed by atoms with Crippen molar-refractivity contribution in [3.05, 3.63) is 187 Å². The average molecular weight is 732 g/mol. The van der Waals surface area contributed by atoms with Gasteiger partial charge in [-0.25, -0.2) is 0 Å². The molecule has 2 bridgehead atoms. The first-order valence-electron chi connectivity index (χ1n) is 20.8. The van der Waals surface area contributed by atoms with Gasteiger partial charge in [-0.1, -0.05) is 121 Å². The van der Waals surface area contributed by atoms with Gasteiger partial charge in [0.2, 0.25) is 0 Å². The highest BCUT2D eigenvalue weighted by atomic mass is 16.3. The molecule has 4 aliphatic rings. The van der Waals surface area contributed by atoms with E-state index in [1.54, 1.807) is 11.1 Å². The number of hydrogen-bond acceptors (Lipinski definition) is 2. The fourth-order valence-corrected chi connectivity index (χ4v) is 12.1. The lowest BCUT2D eigenvalue weighted by Gasteiger charge is -2.67. The topological polar surface area (TPSA) is 16.4 Å². The lowest BCUT2D eigenvalue weighted by Crippen LogP contribution is -2.58. The van der Waals surface area contributed by atoms with Gasteiger partial charge in [0.15, 0.2) is 0 Å². The molecule has 3 saturated carbocycles. The van der Waals surface area contributed by atoms with Crippen LogP contribution < -0.4 is 4.90 Å². The number of para-hydroxylation sites is 1. The van der Waals surface area contributed by atoms with Crippen LogP contribution in [0.2, 0.25) is 0 Å². The molecule has 8 aromatic carbocycles. The third kappa shape index (κ3) is 4.59. The standard InChI is InChI=1S/C55H41NO/c1-2-8-37-27-38(14-13-34(37)7-1)35-15-20-43(21-16-35)56(45-24-26-50-49-11-5-6-12-53(49)57-54(50)32-45)44-22-17-36(18-23-44)39-19-25-48-47-10-4-3-9-46(47)40-28-41-30-42-31-52(51(48)29-39)55(41,42)33-40/h1-27,29,32,40-42,52H,28,30-31,33H2.